The van der Waals surface area contributed by atoms with E-state index < -0.39 is 0 Å². The topological polar surface area (TPSA) is 53.1 Å². The molecule has 5 nitrogen and oxygen atoms in total. The molecule has 4 rings (SSSR count). The van der Waals surface area contributed by atoms with Crippen LogP contribution in [0.3, 0.4) is 0 Å². The van der Waals surface area contributed by atoms with E-state index in [1.54, 1.807) is 25.1 Å². The first-order chi connectivity index (χ1) is 14.1. The summed E-state index contributed by atoms with van der Waals surface area (Å²) in [6, 6.07) is 18.3. The number of thioether (sulfide) groups is 1. The summed E-state index contributed by atoms with van der Waals surface area (Å²) < 4.78 is 13.1. The quantitative estimate of drug-likeness (QED) is 0.380. The Balaban J connectivity index is 1.67. The fraction of sp³-hybridized carbons (Fsp3) is 0.217. The Labute approximate surface area is 174 Å². The van der Waals surface area contributed by atoms with Gasteiger partial charge in [-0.3, -0.25) is 4.57 Å². The van der Waals surface area contributed by atoms with Crippen LogP contribution in [0.25, 0.3) is 11.4 Å². The molecule has 0 radical (unpaired) electrons. The van der Waals surface area contributed by atoms with Gasteiger partial charge in [0.25, 0.3) is 0 Å². The summed E-state index contributed by atoms with van der Waals surface area (Å²) >= 11 is 1.69. The summed E-state index contributed by atoms with van der Waals surface area (Å²) in [7, 11) is 1.66. The fourth-order valence-corrected chi connectivity index (χ4v) is 4.17. The fourth-order valence-electron chi connectivity index (χ4n) is 3.17. The maximum atomic E-state index is 5.58. The molecule has 0 saturated heterocycles. The van der Waals surface area contributed by atoms with Crippen molar-refractivity contribution in [2.45, 2.75) is 31.3 Å². The van der Waals surface area contributed by atoms with E-state index in [-0.39, 0.29) is 0 Å². The van der Waals surface area contributed by atoms with Crippen molar-refractivity contribution in [2.24, 2.45) is 0 Å². The normalized spacial score (nSPS) is 11.0. The molecule has 0 N–H and O–H groups in total. The number of hydrogen-bond acceptors (Lipinski definition) is 5. The monoisotopic (exact) mass is 405 g/mol. The van der Waals surface area contributed by atoms with Gasteiger partial charge in [0, 0.05) is 11.3 Å². The zero-order valence-corrected chi connectivity index (χ0v) is 17.6. The summed E-state index contributed by atoms with van der Waals surface area (Å²) in [4.78, 5) is 0. The van der Waals surface area contributed by atoms with E-state index >= 15 is 0 Å². The molecule has 0 aliphatic rings. The molecule has 0 bridgehead atoms. The maximum absolute atomic E-state index is 5.58. The van der Waals surface area contributed by atoms with Crippen LogP contribution in [0.1, 0.15) is 22.5 Å². The molecular weight excluding hydrogens is 382 g/mol. The molecule has 2 heterocycles. The minimum atomic E-state index is 0.571. The Kier molecular flexibility index (Phi) is 5.71. The van der Waals surface area contributed by atoms with Crippen LogP contribution in [0, 0.1) is 13.8 Å². The first-order valence-electron chi connectivity index (χ1n) is 9.43. The molecule has 4 aromatic rings. The highest BCUT2D eigenvalue weighted by Gasteiger charge is 2.17. The molecule has 148 valence electrons. The van der Waals surface area contributed by atoms with E-state index in [0.29, 0.717) is 6.54 Å². The molecule has 0 atom stereocenters. The summed E-state index contributed by atoms with van der Waals surface area (Å²) in [6.07, 6.45) is 1.69. The zero-order chi connectivity index (χ0) is 20.2. The van der Waals surface area contributed by atoms with Crippen molar-refractivity contribution in [1.29, 1.82) is 0 Å². The molecule has 0 unspecified atom stereocenters. The highest BCUT2D eigenvalue weighted by atomic mass is 32.2. The molecule has 29 heavy (non-hydrogen) atoms. The van der Waals surface area contributed by atoms with Crippen molar-refractivity contribution < 1.29 is 9.15 Å². The number of aromatic nitrogens is 3. The van der Waals surface area contributed by atoms with Gasteiger partial charge < -0.3 is 9.15 Å². The number of aryl methyl sites for hydroxylation is 2. The number of rotatable bonds is 7. The van der Waals surface area contributed by atoms with Crippen molar-refractivity contribution >= 4 is 11.8 Å². The van der Waals surface area contributed by atoms with Gasteiger partial charge in [0.1, 0.15) is 11.5 Å². The molecule has 0 saturated carbocycles. The Hall–Kier alpha value is -2.99. The zero-order valence-electron chi connectivity index (χ0n) is 16.8. The van der Waals surface area contributed by atoms with Crippen molar-refractivity contribution in [2.75, 3.05) is 7.11 Å². The number of furan rings is 1. The van der Waals surface area contributed by atoms with Crippen LogP contribution >= 0.6 is 11.8 Å². The van der Waals surface area contributed by atoms with Crippen LogP contribution in [0.2, 0.25) is 0 Å². The SMILES string of the molecule is COc1cccc(-c2nnc(SCc3cc(C)ccc3C)n2Cc2ccco2)c1. The van der Waals surface area contributed by atoms with E-state index in [2.05, 4.69) is 46.8 Å². The molecule has 0 amide bonds. The van der Waals surface area contributed by atoms with E-state index in [0.717, 1.165) is 33.8 Å². The third-order valence-electron chi connectivity index (χ3n) is 4.80. The van der Waals surface area contributed by atoms with Crippen LogP contribution in [0.5, 0.6) is 5.75 Å². The minimum Gasteiger partial charge on any atom is -0.497 e. The second kappa shape index (κ2) is 8.57. The van der Waals surface area contributed by atoms with Gasteiger partial charge in [-0.1, -0.05) is 47.7 Å². The predicted octanol–water partition coefficient (Wildman–Crippen LogP) is 5.50. The van der Waals surface area contributed by atoms with Gasteiger partial charge >= 0.3 is 0 Å². The van der Waals surface area contributed by atoms with Crippen LogP contribution in [-0.2, 0) is 12.3 Å². The van der Waals surface area contributed by atoms with E-state index in [1.807, 2.05) is 36.4 Å². The molecular formula is C23H23N3O2S. The van der Waals surface area contributed by atoms with E-state index in [9.17, 15) is 0 Å². The molecule has 0 aliphatic heterocycles. The highest BCUT2D eigenvalue weighted by Crippen LogP contribution is 2.30. The second-order valence-corrected chi connectivity index (χ2v) is 7.86. The Bertz CT molecular complexity index is 1100. The first kappa shape index (κ1) is 19.3. The van der Waals surface area contributed by atoms with Crippen molar-refractivity contribution in [3.05, 3.63) is 83.3 Å². The Morgan fingerprint density at radius 2 is 1.93 bits per heavy atom. The molecule has 2 aromatic heterocycles. The summed E-state index contributed by atoms with van der Waals surface area (Å²) in [6.45, 7) is 4.83. The summed E-state index contributed by atoms with van der Waals surface area (Å²) in [5.41, 5.74) is 4.82. The first-order valence-corrected chi connectivity index (χ1v) is 10.4. The maximum Gasteiger partial charge on any atom is 0.192 e. The predicted molar refractivity (Wildman–Crippen MR) is 115 cm³/mol. The van der Waals surface area contributed by atoms with Crippen molar-refractivity contribution in [3.63, 3.8) is 0 Å². The average molecular weight is 406 g/mol. The average Bonchev–Trinajstić information content (AvgIpc) is 3.39. The van der Waals surface area contributed by atoms with Crippen LogP contribution in [0.4, 0.5) is 0 Å². The lowest BCUT2D eigenvalue weighted by Crippen LogP contribution is -2.04. The number of nitrogens with zero attached hydrogens (tertiary/aromatic N) is 3. The van der Waals surface area contributed by atoms with Gasteiger partial charge in [-0.15, -0.1) is 10.2 Å². The second-order valence-electron chi connectivity index (χ2n) is 6.92. The highest BCUT2D eigenvalue weighted by molar-refractivity contribution is 7.98. The number of hydrogen-bond donors (Lipinski definition) is 0. The van der Waals surface area contributed by atoms with Gasteiger partial charge in [0.2, 0.25) is 0 Å². The lowest BCUT2D eigenvalue weighted by Gasteiger charge is -2.11. The van der Waals surface area contributed by atoms with Crippen LogP contribution in [-0.4, -0.2) is 21.9 Å². The Morgan fingerprint density at radius 3 is 2.72 bits per heavy atom. The van der Waals surface area contributed by atoms with Gasteiger partial charge in [-0.2, -0.15) is 0 Å². The van der Waals surface area contributed by atoms with E-state index in [1.165, 1.54) is 16.7 Å². The largest absolute Gasteiger partial charge is 0.497 e. The molecule has 0 aliphatic carbocycles. The lowest BCUT2D eigenvalue weighted by atomic mass is 10.1. The third-order valence-corrected chi connectivity index (χ3v) is 5.82. The molecule has 2 aromatic carbocycles. The Morgan fingerprint density at radius 1 is 1.03 bits per heavy atom. The molecule has 0 spiro atoms. The molecule has 0 fully saturated rings. The van der Waals surface area contributed by atoms with Gasteiger partial charge in [0.15, 0.2) is 11.0 Å². The number of ether oxygens (including phenoxy) is 1. The van der Waals surface area contributed by atoms with E-state index in [4.69, 9.17) is 9.15 Å². The lowest BCUT2D eigenvalue weighted by molar-refractivity contribution is 0.415. The molecule has 6 heteroatoms. The number of methoxy groups -OCH3 is 1. The third kappa shape index (κ3) is 4.38. The summed E-state index contributed by atoms with van der Waals surface area (Å²) in [5.74, 6) is 3.29. The van der Waals surface area contributed by atoms with Gasteiger partial charge in [-0.25, -0.2) is 0 Å². The summed E-state index contributed by atoms with van der Waals surface area (Å²) in [5, 5.41) is 9.84. The van der Waals surface area contributed by atoms with Gasteiger partial charge in [-0.05, 0) is 49.2 Å². The smallest absolute Gasteiger partial charge is 0.192 e. The van der Waals surface area contributed by atoms with Crippen LogP contribution in [0.15, 0.2) is 70.4 Å². The minimum absolute atomic E-state index is 0.571. The van der Waals surface area contributed by atoms with Crippen LogP contribution < -0.4 is 4.74 Å². The standard InChI is InChI=1S/C23H23N3O2S/c1-16-9-10-17(2)19(12-16)15-29-23-25-24-22(18-6-4-7-20(13-18)27-3)26(23)14-21-8-5-11-28-21/h4-13H,14-15H2,1-3H3. The van der Waals surface area contributed by atoms with Gasteiger partial charge in [0.05, 0.1) is 19.9 Å². The van der Waals surface area contributed by atoms with Crippen molar-refractivity contribution in [3.8, 4) is 17.1 Å². The number of benzene rings is 2. The van der Waals surface area contributed by atoms with Crippen molar-refractivity contribution in [1.82, 2.24) is 14.8 Å².